The molecule has 1 aliphatic carbocycles. The lowest BCUT2D eigenvalue weighted by molar-refractivity contribution is 0.0904. The van der Waals surface area contributed by atoms with Crippen LogP contribution in [0.1, 0.15) is 115 Å². The maximum absolute atomic E-state index is 13.1. The summed E-state index contributed by atoms with van der Waals surface area (Å²) in [6.45, 7) is 14.7. The second-order valence-electron chi connectivity index (χ2n) is 10.4. The van der Waals surface area contributed by atoms with Gasteiger partial charge in [-0.1, -0.05) is 96.4 Å². The molecular formula is C32H47F. The summed E-state index contributed by atoms with van der Waals surface area (Å²) < 4.78 is 13.1. The van der Waals surface area contributed by atoms with E-state index in [2.05, 4.69) is 64.6 Å². The third-order valence-corrected chi connectivity index (χ3v) is 7.45. The first-order valence-corrected chi connectivity index (χ1v) is 13.4. The van der Waals surface area contributed by atoms with Gasteiger partial charge in [0.2, 0.25) is 0 Å². The molecule has 2 aromatic carbocycles. The fourth-order valence-corrected chi connectivity index (χ4v) is 6.11. The van der Waals surface area contributed by atoms with Crippen LogP contribution in [0.4, 0.5) is 4.39 Å². The predicted octanol–water partition coefficient (Wildman–Crippen LogP) is 10.4. The standard InChI is InChI=1S/C21H34.C11H13F/c1-4-10-18-15-20(19-11-8-7-9-12-19)17-21(16-18,13-5-2)14-6-3;1-4-9-5-6-11(12)10(7-9)8(2)3/h7-9,11-12,18,20H,4-6,10,13-17H2,1-3H3;5-7H,2,4H2,1,3H3. The molecule has 0 amide bonds. The van der Waals surface area contributed by atoms with Gasteiger partial charge in [0.1, 0.15) is 5.82 Å². The average Bonchev–Trinajstić information content (AvgIpc) is 2.80. The number of hydrogen-bond donors (Lipinski definition) is 0. The van der Waals surface area contributed by atoms with Crippen molar-refractivity contribution in [2.75, 3.05) is 0 Å². The van der Waals surface area contributed by atoms with Crippen molar-refractivity contribution in [2.45, 2.75) is 105 Å². The summed E-state index contributed by atoms with van der Waals surface area (Å²) in [5, 5.41) is 0. The van der Waals surface area contributed by atoms with Crippen molar-refractivity contribution < 1.29 is 4.39 Å². The van der Waals surface area contributed by atoms with E-state index in [0.29, 0.717) is 11.0 Å². The summed E-state index contributed by atoms with van der Waals surface area (Å²) in [5.74, 6) is 1.57. The third kappa shape index (κ3) is 8.13. The molecule has 1 aliphatic rings. The van der Waals surface area contributed by atoms with Crippen molar-refractivity contribution in [3.05, 3.63) is 77.6 Å². The second kappa shape index (κ2) is 13.7. The van der Waals surface area contributed by atoms with Crippen molar-refractivity contribution in [3.63, 3.8) is 0 Å². The minimum Gasteiger partial charge on any atom is -0.206 e. The van der Waals surface area contributed by atoms with Crippen LogP contribution in [-0.4, -0.2) is 0 Å². The van der Waals surface area contributed by atoms with Crippen LogP contribution in [0, 0.1) is 17.2 Å². The highest BCUT2D eigenvalue weighted by Gasteiger charge is 2.39. The predicted molar refractivity (Wildman–Crippen MR) is 144 cm³/mol. The molecule has 3 rings (SSSR count). The van der Waals surface area contributed by atoms with E-state index in [1.54, 1.807) is 5.56 Å². The summed E-state index contributed by atoms with van der Waals surface area (Å²) >= 11 is 0. The van der Waals surface area contributed by atoms with Gasteiger partial charge in [0, 0.05) is 5.56 Å². The van der Waals surface area contributed by atoms with E-state index in [9.17, 15) is 4.39 Å². The minimum atomic E-state index is -0.181. The van der Waals surface area contributed by atoms with Crippen LogP contribution in [0.5, 0.6) is 0 Å². The normalized spacial score (nSPS) is 19.5. The quantitative estimate of drug-likeness (QED) is 0.356. The molecule has 33 heavy (non-hydrogen) atoms. The molecule has 1 fully saturated rings. The van der Waals surface area contributed by atoms with Gasteiger partial charge in [0.15, 0.2) is 0 Å². The monoisotopic (exact) mass is 450 g/mol. The molecule has 2 unspecified atom stereocenters. The molecule has 0 aliphatic heterocycles. The van der Waals surface area contributed by atoms with Crippen LogP contribution in [-0.2, 0) is 6.42 Å². The summed E-state index contributed by atoms with van der Waals surface area (Å²) in [6.07, 6.45) is 13.6. The Bertz CT molecular complexity index is 829. The largest absolute Gasteiger partial charge is 0.206 e. The molecule has 182 valence electrons. The van der Waals surface area contributed by atoms with E-state index >= 15 is 0 Å². The minimum absolute atomic E-state index is 0.181. The summed E-state index contributed by atoms with van der Waals surface area (Å²) in [4.78, 5) is 0. The number of rotatable bonds is 9. The van der Waals surface area contributed by atoms with Crippen molar-refractivity contribution in [3.8, 4) is 0 Å². The molecule has 0 N–H and O–H groups in total. The molecule has 2 atom stereocenters. The van der Waals surface area contributed by atoms with Crippen molar-refractivity contribution in [2.24, 2.45) is 11.3 Å². The van der Waals surface area contributed by atoms with Gasteiger partial charge < -0.3 is 0 Å². The summed E-state index contributed by atoms with van der Waals surface area (Å²) in [5.41, 5.74) is 4.78. The molecule has 0 bridgehead atoms. The summed E-state index contributed by atoms with van der Waals surface area (Å²) in [6, 6.07) is 16.5. The van der Waals surface area contributed by atoms with Crippen molar-refractivity contribution >= 4 is 5.57 Å². The maximum Gasteiger partial charge on any atom is 0.130 e. The van der Waals surface area contributed by atoms with Crippen LogP contribution in [0.3, 0.4) is 0 Å². The first-order chi connectivity index (χ1) is 15.9. The van der Waals surface area contributed by atoms with Gasteiger partial charge in [-0.25, -0.2) is 4.39 Å². The van der Waals surface area contributed by atoms with Gasteiger partial charge in [-0.2, -0.15) is 0 Å². The molecule has 0 aromatic heterocycles. The fraction of sp³-hybridized carbons (Fsp3) is 0.562. The highest BCUT2D eigenvalue weighted by Crippen LogP contribution is 2.52. The van der Waals surface area contributed by atoms with E-state index in [4.69, 9.17) is 0 Å². The second-order valence-corrected chi connectivity index (χ2v) is 10.4. The van der Waals surface area contributed by atoms with Gasteiger partial charge in [-0.05, 0) is 91.5 Å². The fourth-order valence-electron chi connectivity index (χ4n) is 6.11. The van der Waals surface area contributed by atoms with Gasteiger partial charge >= 0.3 is 0 Å². The smallest absolute Gasteiger partial charge is 0.130 e. The molecule has 0 saturated heterocycles. The molecule has 0 nitrogen and oxygen atoms in total. The van der Waals surface area contributed by atoms with Gasteiger partial charge in [0.05, 0.1) is 0 Å². The molecule has 1 heteroatoms. The lowest BCUT2D eigenvalue weighted by Gasteiger charge is -2.45. The van der Waals surface area contributed by atoms with E-state index in [1.807, 2.05) is 19.1 Å². The van der Waals surface area contributed by atoms with Crippen LogP contribution < -0.4 is 0 Å². The highest BCUT2D eigenvalue weighted by molar-refractivity contribution is 5.62. The van der Waals surface area contributed by atoms with E-state index in [1.165, 1.54) is 63.9 Å². The maximum atomic E-state index is 13.1. The first kappa shape index (κ1) is 27.4. The highest BCUT2D eigenvalue weighted by atomic mass is 19.1. The Morgan fingerprint density at radius 1 is 0.939 bits per heavy atom. The SMILES string of the molecule is C=C(C)c1cc(CC)ccc1F.CCCC1CC(c2ccccc2)CC(CCC)(CCC)C1. The van der Waals surface area contributed by atoms with E-state index in [-0.39, 0.29) is 5.82 Å². The number of benzene rings is 2. The lowest BCUT2D eigenvalue weighted by atomic mass is 9.60. The van der Waals surface area contributed by atoms with Gasteiger partial charge in [0.25, 0.3) is 0 Å². The van der Waals surface area contributed by atoms with Crippen molar-refractivity contribution in [1.29, 1.82) is 0 Å². The average molecular weight is 451 g/mol. The van der Waals surface area contributed by atoms with Crippen LogP contribution in [0.2, 0.25) is 0 Å². The zero-order valence-electron chi connectivity index (χ0n) is 21.9. The molecule has 2 aromatic rings. The van der Waals surface area contributed by atoms with Crippen LogP contribution in [0.15, 0.2) is 55.1 Å². The zero-order valence-corrected chi connectivity index (χ0v) is 21.9. The van der Waals surface area contributed by atoms with Gasteiger partial charge in [-0.15, -0.1) is 0 Å². The number of aryl methyl sites for hydroxylation is 1. The van der Waals surface area contributed by atoms with E-state index in [0.717, 1.165) is 29.4 Å². The lowest BCUT2D eigenvalue weighted by Crippen LogP contribution is -2.32. The topological polar surface area (TPSA) is 0 Å². The Kier molecular flexibility index (Phi) is 11.4. The number of halogens is 1. The molecule has 0 spiro atoms. The zero-order chi connectivity index (χ0) is 24.3. The number of hydrogen-bond acceptors (Lipinski definition) is 0. The number of allylic oxidation sites excluding steroid dienone is 1. The Labute approximate surface area is 203 Å². The Hall–Kier alpha value is -1.89. The third-order valence-electron chi connectivity index (χ3n) is 7.45. The Morgan fingerprint density at radius 2 is 1.61 bits per heavy atom. The Balaban J connectivity index is 0.000000273. The van der Waals surface area contributed by atoms with Crippen LogP contribution >= 0.6 is 0 Å². The van der Waals surface area contributed by atoms with Crippen molar-refractivity contribution in [1.82, 2.24) is 0 Å². The van der Waals surface area contributed by atoms with Crippen LogP contribution in [0.25, 0.3) is 5.57 Å². The molecule has 0 radical (unpaired) electrons. The molecule has 1 saturated carbocycles. The van der Waals surface area contributed by atoms with E-state index < -0.39 is 0 Å². The molecule has 0 heterocycles. The Morgan fingerprint density at radius 3 is 2.15 bits per heavy atom. The summed E-state index contributed by atoms with van der Waals surface area (Å²) in [7, 11) is 0. The van der Waals surface area contributed by atoms with Gasteiger partial charge in [-0.3, -0.25) is 0 Å². The first-order valence-electron chi connectivity index (χ1n) is 13.4. The molecular weight excluding hydrogens is 403 g/mol.